The second kappa shape index (κ2) is 17.6. The third kappa shape index (κ3) is 12.1. The lowest BCUT2D eigenvalue weighted by atomic mass is 9.86. The van der Waals surface area contributed by atoms with Crippen LogP contribution in [-0.4, -0.2) is 93.4 Å². The topological polar surface area (TPSA) is 203 Å². The Morgan fingerprint density at radius 2 is 1.88 bits per heavy atom. The number of cyclic esters (lactones) is 1. The summed E-state index contributed by atoms with van der Waals surface area (Å²) in [4.78, 5) is 60.5. The quantitative estimate of drug-likeness (QED) is 0.119. The molecular formula is C30H46N2O10S. The number of carboxylic acids is 1. The Balaban J connectivity index is 2.17. The highest BCUT2D eigenvalue weighted by atomic mass is 32.2. The summed E-state index contributed by atoms with van der Waals surface area (Å²) in [5.41, 5.74) is 6.19. The first-order chi connectivity index (χ1) is 20.2. The number of piperidine rings is 1. The van der Waals surface area contributed by atoms with Gasteiger partial charge >= 0.3 is 11.9 Å². The van der Waals surface area contributed by atoms with Crippen LogP contribution in [0, 0.1) is 17.8 Å². The Morgan fingerprint density at radius 1 is 1.23 bits per heavy atom. The molecule has 43 heavy (non-hydrogen) atoms. The fourth-order valence-electron chi connectivity index (χ4n) is 5.36. The monoisotopic (exact) mass is 626 g/mol. The standard InChI is InChI=1S/C30H46N2O10S/c1-16(23(34)13-20(33)10-19-11-25(35)32-26(36)12-19)9-17(2)29-18(3)28(38)24(41-4)8-6-5-7-21(14-27(37)42-29)43-15-22(31)30(39)40/h6,8-9,16,18-22,24,28-29,33,38H,5,7,10-15,31H2,1-4H3,(H,39,40)(H,32,35,36)/b8-6-,17-9+. The average Bonchev–Trinajstić information content (AvgIpc) is 2.92. The number of aliphatic hydroxyl groups excluding tert-OH is 2. The molecule has 8 unspecified atom stereocenters. The Bertz CT molecular complexity index is 1050. The molecule has 8 atom stereocenters. The summed E-state index contributed by atoms with van der Waals surface area (Å²) < 4.78 is 11.4. The van der Waals surface area contributed by atoms with E-state index in [1.165, 1.54) is 18.9 Å². The lowest BCUT2D eigenvalue weighted by Crippen LogP contribution is -2.41. The van der Waals surface area contributed by atoms with Gasteiger partial charge in [-0.3, -0.25) is 29.3 Å². The number of allylic oxidation sites excluding steroid dienone is 2. The van der Waals surface area contributed by atoms with E-state index in [0.29, 0.717) is 18.4 Å². The second-order valence-corrected chi connectivity index (χ2v) is 12.9. The lowest BCUT2D eigenvalue weighted by Gasteiger charge is -2.32. The minimum absolute atomic E-state index is 0.00746. The number of Topliss-reactive ketones (excluding diaryl/α,β-unsaturated/α-hetero) is 1. The molecule has 0 saturated carbocycles. The third-order valence-corrected chi connectivity index (χ3v) is 9.25. The highest BCUT2D eigenvalue weighted by molar-refractivity contribution is 8.00. The highest BCUT2D eigenvalue weighted by Crippen LogP contribution is 2.29. The molecule has 2 heterocycles. The van der Waals surface area contributed by atoms with E-state index in [1.54, 1.807) is 32.9 Å². The van der Waals surface area contributed by atoms with Crippen LogP contribution in [0.25, 0.3) is 0 Å². The molecule has 2 rings (SSSR count). The van der Waals surface area contributed by atoms with Crippen LogP contribution in [0.4, 0.5) is 0 Å². The van der Waals surface area contributed by atoms with Gasteiger partial charge in [-0.05, 0) is 37.7 Å². The number of hydrogen-bond donors (Lipinski definition) is 5. The molecule has 0 spiro atoms. The molecule has 13 heteroatoms. The molecule has 0 aromatic carbocycles. The minimum atomic E-state index is -1.12. The molecule has 0 aromatic rings. The van der Waals surface area contributed by atoms with Crippen LogP contribution in [0.1, 0.15) is 65.7 Å². The maximum atomic E-state index is 13.1. The molecule has 12 nitrogen and oxygen atoms in total. The molecule has 2 amide bonds. The molecule has 0 aromatic heterocycles. The van der Waals surface area contributed by atoms with Crippen molar-refractivity contribution in [3.63, 3.8) is 0 Å². The van der Waals surface area contributed by atoms with Crippen LogP contribution >= 0.6 is 11.8 Å². The highest BCUT2D eigenvalue weighted by Gasteiger charge is 2.35. The molecule has 2 aliphatic heterocycles. The number of carboxylic acid groups (broad SMARTS) is 1. The summed E-state index contributed by atoms with van der Waals surface area (Å²) in [5, 5.41) is 32.7. The van der Waals surface area contributed by atoms with E-state index in [1.807, 2.05) is 6.08 Å². The SMILES string of the molecule is COC1/C=C\CCC(SCC(N)C(=O)O)CC(=O)OC(/C(C)=C/C(C)C(=O)CC(O)CC2CC(=O)NC(=O)C2)C(C)C1O. The van der Waals surface area contributed by atoms with Gasteiger partial charge in [0.25, 0.3) is 0 Å². The Labute approximate surface area is 256 Å². The first-order valence-corrected chi connectivity index (χ1v) is 15.6. The number of methoxy groups -OCH3 is 1. The summed E-state index contributed by atoms with van der Waals surface area (Å²) >= 11 is 1.29. The Morgan fingerprint density at radius 3 is 2.49 bits per heavy atom. The van der Waals surface area contributed by atoms with Crippen LogP contribution < -0.4 is 11.1 Å². The van der Waals surface area contributed by atoms with Gasteiger partial charge in [0.05, 0.1) is 18.6 Å². The summed E-state index contributed by atoms with van der Waals surface area (Å²) in [6.45, 7) is 5.09. The second-order valence-electron chi connectivity index (χ2n) is 11.6. The normalized spacial score (nSPS) is 29.3. The molecule has 0 radical (unpaired) electrons. The fourth-order valence-corrected chi connectivity index (χ4v) is 6.54. The minimum Gasteiger partial charge on any atom is -0.480 e. The molecule has 1 saturated heterocycles. The summed E-state index contributed by atoms with van der Waals surface area (Å²) in [6, 6.07) is -1.06. The van der Waals surface area contributed by atoms with Gasteiger partial charge in [-0.2, -0.15) is 11.8 Å². The van der Waals surface area contributed by atoms with E-state index in [4.69, 9.17) is 20.3 Å². The number of ether oxygens (including phenoxy) is 2. The van der Waals surface area contributed by atoms with Gasteiger partial charge in [0.2, 0.25) is 11.8 Å². The van der Waals surface area contributed by atoms with Crippen molar-refractivity contribution >= 4 is 41.3 Å². The number of esters is 1. The van der Waals surface area contributed by atoms with Crippen molar-refractivity contribution in [3.8, 4) is 0 Å². The maximum Gasteiger partial charge on any atom is 0.321 e. The van der Waals surface area contributed by atoms with Gasteiger partial charge in [-0.25, -0.2) is 0 Å². The predicted octanol–water partition coefficient (Wildman–Crippen LogP) is 1.51. The summed E-state index contributed by atoms with van der Waals surface area (Å²) in [5.74, 6) is -4.19. The Kier molecular flexibility index (Phi) is 15.0. The molecule has 0 aliphatic carbocycles. The molecular weight excluding hydrogens is 580 g/mol. The number of thioether (sulfide) groups is 1. The Hall–Kier alpha value is -2.58. The average molecular weight is 627 g/mol. The number of ketones is 1. The number of carbonyl (C=O) groups excluding carboxylic acids is 4. The van der Waals surface area contributed by atoms with E-state index in [0.717, 1.165) is 0 Å². The van der Waals surface area contributed by atoms with Gasteiger partial charge in [0, 0.05) is 49.2 Å². The van der Waals surface area contributed by atoms with Crippen LogP contribution in [0.5, 0.6) is 0 Å². The van der Waals surface area contributed by atoms with E-state index in [9.17, 15) is 34.2 Å². The molecule has 0 bridgehead atoms. The van der Waals surface area contributed by atoms with Crippen LogP contribution in [0.15, 0.2) is 23.8 Å². The number of amides is 2. The van der Waals surface area contributed by atoms with Crippen molar-refractivity contribution in [2.24, 2.45) is 23.5 Å². The molecule has 1 fully saturated rings. The van der Waals surface area contributed by atoms with Crippen LogP contribution in [-0.2, 0) is 33.4 Å². The summed E-state index contributed by atoms with van der Waals surface area (Å²) in [7, 11) is 1.47. The zero-order valence-corrected chi connectivity index (χ0v) is 26.1. The predicted molar refractivity (Wildman–Crippen MR) is 160 cm³/mol. The smallest absolute Gasteiger partial charge is 0.321 e. The van der Waals surface area contributed by atoms with Crippen molar-refractivity contribution in [2.75, 3.05) is 12.9 Å². The number of nitrogens with two attached hydrogens (primary N) is 1. The van der Waals surface area contributed by atoms with Crippen molar-refractivity contribution in [3.05, 3.63) is 23.8 Å². The van der Waals surface area contributed by atoms with E-state index in [2.05, 4.69) is 5.32 Å². The third-order valence-electron chi connectivity index (χ3n) is 7.83. The maximum absolute atomic E-state index is 13.1. The van der Waals surface area contributed by atoms with E-state index >= 15 is 0 Å². The van der Waals surface area contributed by atoms with Crippen molar-refractivity contribution < 1.29 is 48.8 Å². The van der Waals surface area contributed by atoms with E-state index < -0.39 is 66.0 Å². The lowest BCUT2D eigenvalue weighted by molar-refractivity contribution is -0.153. The van der Waals surface area contributed by atoms with Gasteiger partial charge < -0.3 is 30.5 Å². The number of imide groups is 1. The van der Waals surface area contributed by atoms with Crippen molar-refractivity contribution in [2.45, 2.75) is 101 Å². The number of nitrogens with one attached hydrogen (secondary N) is 1. The fraction of sp³-hybridized carbons (Fsp3) is 0.700. The molecule has 242 valence electrons. The number of rotatable bonds is 12. The van der Waals surface area contributed by atoms with E-state index in [-0.39, 0.29) is 54.8 Å². The number of carbonyl (C=O) groups is 5. The van der Waals surface area contributed by atoms with Crippen LogP contribution in [0.3, 0.4) is 0 Å². The number of aliphatic hydroxyl groups is 2. The van der Waals surface area contributed by atoms with Crippen LogP contribution in [0.2, 0.25) is 0 Å². The van der Waals surface area contributed by atoms with Crippen molar-refractivity contribution in [1.29, 1.82) is 0 Å². The van der Waals surface area contributed by atoms with Crippen molar-refractivity contribution in [1.82, 2.24) is 5.32 Å². The zero-order chi connectivity index (χ0) is 32.3. The molecule has 6 N–H and O–H groups in total. The molecule has 2 aliphatic rings. The largest absolute Gasteiger partial charge is 0.480 e. The van der Waals surface area contributed by atoms with Gasteiger partial charge in [-0.1, -0.05) is 32.1 Å². The summed E-state index contributed by atoms with van der Waals surface area (Å²) in [6.07, 6.45) is 2.96. The van der Waals surface area contributed by atoms with Gasteiger partial charge in [0.1, 0.15) is 24.0 Å². The van der Waals surface area contributed by atoms with Gasteiger partial charge in [-0.15, -0.1) is 0 Å². The first kappa shape index (κ1) is 36.6. The number of hydrogen-bond acceptors (Lipinski definition) is 11. The zero-order valence-electron chi connectivity index (χ0n) is 25.3. The first-order valence-electron chi connectivity index (χ1n) is 14.6. The number of aliphatic carboxylic acids is 1. The van der Waals surface area contributed by atoms with Gasteiger partial charge in [0.15, 0.2) is 0 Å².